The summed E-state index contributed by atoms with van der Waals surface area (Å²) in [5.41, 5.74) is 1.71. The highest BCUT2D eigenvalue weighted by atomic mass is 35.5. The van der Waals surface area contributed by atoms with Gasteiger partial charge in [0.25, 0.3) is 10.0 Å². The summed E-state index contributed by atoms with van der Waals surface area (Å²) >= 11 is 18.6. The van der Waals surface area contributed by atoms with E-state index < -0.39 is 28.5 Å². The fourth-order valence-electron chi connectivity index (χ4n) is 4.72. The predicted octanol–water partition coefficient (Wildman–Crippen LogP) is 7.40. The lowest BCUT2D eigenvalue weighted by Gasteiger charge is -2.34. The molecule has 0 aliphatic carbocycles. The molecule has 45 heavy (non-hydrogen) atoms. The summed E-state index contributed by atoms with van der Waals surface area (Å²) in [7, 11) is -4.28. The van der Waals surface area contributed by atoms with Crippen molar-refractivity contribution in [2.75, 3.05) is 10.8 Å². The SMILES string of the molecule is CCC(C)NC(=O)C(Cc1ccccc1)N(Cc1cccc(Cl)c1)C(=O)CN(c1cccc(Cl)c1)S(=O)(=O)c1ccc(Cl)cc1. The van der Waals surface area contributed by atoms with Crippen molar-refractivity contribution >= 4 is 62.3 Å². The van der Waals surface area contributed by atoms with Crippen LogP contribution in [0.15, 0.2) is 108 Å². The largest absolute Gasteiger partial charge is 0.352 e. The minimum Gasteiger partial charge on any atom is -0.352 e. The van der Waals surface area contributed by atoms with Gasteiger partial charge in [-0.3, -0.25) is 13.9 Å². The number of carbonyl (C=O) groups is 2. The molecule has 0 saturated carbocycles. The van der Waals surface area contributed by atoms with Gasteiger partial charge in [0.15, 0.2) is 0 Å². The van der Waals surface area contributed by atoms with E-state index >= 15 is 0 Å². The number of hydrogen-bond donors (Lipinski definition) is 1. The molecule has 0 heterocycles. The van der Waals surface area contributed by atoms with E-state index in [1.165, 1.54) is 35.2 Å². The summed E-state index contributed by atoms with van der Waals surface area (Å²) in [6, 6.07) is 27.2. The summed E-state index contributed by atoms with van der Waals surface area (Å²) in [4.78, 5) is 29.7. The van der Waals surface area contributed by atoms with Crippen molar-refractivity contribution in [1.29, 1.82) is 0 Å². The summed E-state index contributed by atoms with van der Waals surface area (Å²) in [5.74, 6) is -0.939. The topological polar surface area (TPSA) is 86.8 Å². The summed E-state index contributed by atoms with van der Waals surface area (Å²) in [6.07, 6.45) is 0.893. The van der Waals surface area contributed by atoms with E-state index in [1.54, 1.807) is 42.5 Å². The number of hydrogen-bond acceptors (Lipinski definition) is 4. The van der Waals surface area contributed by atoms with Crippen LogP contribution in [0.4, 0.5) is 5.69 Å². The summed E-state index contributed by atoms with van der Waals surface area (Å²) < 4.78 is 29.1. The van der Waals surface area contributed by atoms with Gasteiger partial charge in [0.2, 0.25) is 11.8 Å². The van der Waals surface area contributed by atoms with Gasteiger partial charge in [-0.15, -0.1) is 0 Å². The molecule has 0 aromatic heterocycles. The Morgan fingerprint density at radius 2 is 1.40 bits per heavy atom. The molecule has 4 aromatic carbocycles. The van der Waals surface area contributed by atoms with Crippen molar-refractivity contribution in [3.05, 3.63) is 129 Å². The molecule has 11 heteroatoms. The van der Waals surface area contributed by atoms with E-state index in [0.717, 1.165) is 9.87 Å². The fourth-order valence-corrected chi connectivity index (χ4v) is 6.65. The van der Waals surface area contributed by atoms with E-state index in [0.29, 0.717) is 27.1 Å². The first kappa shape index (κ1) is 34.3. The minimum absolute atomic E-state index is 0.00912. The van der Waals surface area contributed by atoms with Gasteiger partial charge in [-0.05, 0) is 79.1 Å². The standard InChI is InChI=1S/C34H34Cl3N3O4S/c1-3-24(2)38-34(42)32(20-25-9-5-4-6-10-25)39(22-26-11-7-12-28(36)19-26)33(41)23-40(30-14-8-13-29(37)21-30)45(43,44)31-17-15-27(35)16-18-31/h4-19,21,24,32H,3,20,22-23H2,1-2H3,(H,38,42). The van der Waals surface area contributed by atoms with E-state index in [9.17, 15) is 18.0 Å². The molecule has 2 amide bonds. The van der Waals surface area contributed by atoms with Gasteiger partial charge >= 0.3 is 0 Å². The van der Waals surface area contributed by atoms with Crippen molar-refractivity contribution in [3.8, 4) is 0 Å². The first-order valence-electron chi connectivity index (χ1n) is 14.4. The normalized spacial score (nSPS) is 12.6. The predicted molar refractivity (Wildman–Crippen MR) is 181 cm³/mol. The molecule has 7 nitrogen and oxygen atoms in total. The number of nitrogens with zero attached hydrogens (tertiary/aromatic N) is 2. The molecular formula is C34H34Cl3N3O4S. The van der Waals surface area contributed by atoms with Gasteiger partial charge in [0.1, 0.15) is 12.6 Å². The highest BCUT2D eigenvalue weighted by Gasteiger charge is 2.35. The van der Waals surface area contributed by atoms with Gasteiger partial charge in [0.05, 0.1) is 10.6 Å². The molecule has 0 radical (unpaired) electrons. The maximum atomic E-state index is 14.5. The molecule has 0 fully saturated rings. The van der Waals surface area contributed by atoms with Crippen LogP contribution >= 0.6 is 34.8 Å². The number of halogens is 3. The second-order valence-electron chi connectivity index (χ2n) is 10.6. The van der Waals surface area contributed by atoms with Crippen LogP contribution in [0.5, 0.6) is 0 Å². The molecule has 2 atom stereocenters. The zero-order valence-corrected chi connectivity index (χ0v) is 28.0. The Hall–Kier alpha value is -3.56. The molecule has 0 spiro atoms. The molecule has 0 saturated heterocycles. The number of carbonyl (C=O) groups excluding carboxylic acids is 2. The molecule has 236 valence electrons. The number of sulfonamides is 1. The van der Waals surface area contributed by atoms with E-state index in [4.69, 9.17) is 34.8 Å². The fraction of sp³-hybridized carbons (Fsp3) is 0.235. The average molecular weight is 687 g/mol. The van der Waals surface area contributed by atoms with Crippen LogP contribution in [0.3, 0.4) is 0 Å². The smallest absolute Gasteiger partial charge is 0.264 e. The molecule has 4 aromatic rings. The number of amides is 2. The van der Waals surface area contributed by atoms with Crippen molar-refractivity contribution in [2.45, 2.75) is 50.2 Å². The van der Waals surface area contributed by atoms with E-state index in [2.05, 4.69) is 5.32 Å². The maximum absolute atomic E-state index is 14.5. The van der Waals surface area contributed by atoms with Crippen LogP contribution in [-0.2, 0) is 32.6 Å². The van der Waals surface area contributed by atoms with Gasteiger partial charge in [-0.25, -0.2) is 8.42 Å². The highest BCUT2D eigenvalue weighted by Crippen LogP contribution is 2.28. The molecule has 2 unspecified atom stereocenters. The number of benzene rings is 4. The lowest BCUT2D eigenvalue weighted by Crippen LogP contribution is -2.54. The van der Waals surface area contributed by atoms with E-state index in [-0.39, 0.29) is 35.5 Å². The Labute approximate surface area is 279 Å². The second-order valence-corrected chi connectivity index (χ2v) is 13.8. The average Bonchev–Trinajstić information content (AvgIpc) is 3.02. The molecule has 0 aliphatic rings. The lowest BCUT2D eigenvalue weighted by molar-refractivity contribution is -0.140. The Morgan fingerprint density at radius 1 is 0.778 bits per heavy atom. The van der Waals surface area contributed by atoms with E-state index in [1.807, 2.05) is 44.2 Å². The Kier molecular flexibility index (Phi) is 11.9. The molecule has 0 aliphatic heterocycles. The quantitative estimate of drug-likeness (QED) is 0.159. The minimum atomic E-state index is -4.28. The highest BCUT2D eigenvalue weighted by molar-refractivity contribution is 7.92. The molecule has 1 N–H and O–H groups in total. The molecular weight excluding hydrogens is 653 g/mol. The van der Waals surface area contributed by atoms with Crippen LogP contribution in [0.2, 0.25) is 15.1 Å². The monoisotopic (exact) mass is 685 g/mol. The first-order chi connectivity index (χ1) is 21.5. The second kappa shape index (κ2) is 15.6. The summed E-state index contributed by atoms with van der Waals surface area (Å²) in [6.45, 7) is 3.25. The number of anilines is 1. The maximum Gasteiger partial charge on any atom is 0.264 e. The molecule has 0 bridgehead atoms. The van der Waals surface area contributed by atoms with Crippen molar-refractivity contribution in [2.24, 2.45) is 0 Å². The third kappa shape index (κ3) is 9.23. The summed E-state index contributed by atoms with van der Waals surface area (Å²) in [5, 5.41) is 4.14. The van der Waals surface area contributed by atoms with Gasteiger partial charge in [0, 0.05) is 34.1 Å². The van der Waals surface area contributed by atoms with Gasteiger partial charge in [-0.1, -0.05) is 90.3 Å². The zero-order valence-electron chi connectivity index (χ0n) is 24.9. The van der Waals surface area contributed by atoms with Crippen molar-refractivity contribution < 1.29 is 18.0 Å². The first-order valence-corrected chi connectivity index (χ1v) is 17.0. The third-order valence-corrected chi connectivity index (χ3v) is 9.80. The van der Waals surface area contributed by atoms with Crippen LogP contribution in [0, 0.1) is 0 Å². The van der Waals surface area contributed by atoms with Gasteiger partial charge < -0.3 is 10.2 Å². The number of rotatable bonds is 13. The van der Waals surface area contributed by atoms with Crippen LogP contribution in [0.25, 0.3) is 0 Å². The van der Waals surface area contributed by atoms with Crippen LogP contribution in [-0.4, -0.2) is 43.8 Å². The van der Waals surface area contributed by atoms with Crippen LogP contribution < -0.4 is 9.62 Å². The lowest BCUT2D eigenvalue weighted by atomic mass is 10.0. The Balaban J connectivity index is 1.81. The molecule has 4 rings (SSSR count). The van der Waals surface area contributed by atoms with Gasteiger partial charge in [-0.2, -0.15) is 0 Å². The third-order valence-electron chi connectivity index (χ3n) is 7.29. The van der Waals surface area contributed by atoms with Crippen LogP contribution in [0.1, 0.15) is 31.4 Å². The number of nitrogens with one attached hydrogen (secondary N) is 1. The Morgan fingerprint density at radius 3 is 2.02 bits per heavy atom. The Bertz CT molecular complexity index is 1720. The van der Waals surface area contributed by atoms with Crippen molar-refractivity contribution in [3.63, 3.8) is 0 Å². The van der Waals surface area contributed by atoms with Crippen molar-refractivity contribution in [1.82, 2.24) is 10.2 Å². The zero-order chi connectivity index (χ0) is 32.6.